The normalized spacial score (nSPS) is 12.4. The number of carbonyl (C=O) groups is 1. The SMILES string of the molecule is CC[C@@H](Sc1ncnc2sc(-c3ccccc3)cc12)C(=O)[O-]. The van der Waals surface area contributed by atoms with Gasteiger partial charge in [-0.3, -0.25) is 0 Å². The van der Waals surface area contributed by atoms with Gasteiger partial charge in [0.05, 0.1) is 11.2 Å². The van der Waals surface area contributed by atoms with Gasteiger partial charge in [-0.25, -0.2) is 9.97 Å². The molecule has 2 aromatic heterocycles. The molecule has 0 aliphatic carbocycles. The van der Waals surface area contributed by atoms with Gasteiger partial charge >= 0.3 is 0 Å². The summed E-state index contributed by atoms with van der Waals surface area (Å²) in [6.07, 6.45) is 1.98. The summed E-state index contributed by atoms with van der Waals surface area (Å²) >= 11 is 2.81. The molecule has 0 fully saturated rings. The highest BCUT2D eigenvalue weighted by Gasteiger charge is 2.15. The lowest BCUT2D eigenvalue weighted by Gasteiger charge is -2.14. The van der Waals surface area contributed by atoms with Gasteiger partial charge in [-0.15, -0.1) is 11.3 Å². The van der Waals surface area contributed by atoms with Crippen molar-refractivity contribution in [3.05, 3.63) is 42.7 Å². The van der Waals surface area contributed by atoms with Crippen molar-refractivity contribution < 1.29 is 9.90 Å². The Morgan fingerprint density at radius 2 is 2.09 bits per heavy atom. The number of benzene rings is 1. The Morgan fingerprint density at radius 1 is 1.32 bits per heavy atom. The first-order valence-electron chi connectivity index (χ1n) is 6.86. The van der Waals surface area contributed by atoms with Gasteiger partial charge in [0.25, 0.3) is 0 Å². The lowest BCUT2D eigenvalue weighted by molar-refractivity contribution is -0.304. The van der Waals surface area contributed by atoms with Gasteiger partial charge in [-0.05, 0) is 18.1 Å². The van der Waals surface area contributed by atoms with E-state index in [1.165, 1.54) is 18.1 Å². The van der Waals surface area contributed by atoms with Crippen LogP contribution in [0.1, 0.15) is 13.3 Å². The van der Waals surface area contributed by atoms with E-state index < -0.39 is 11.2 Å². The third-order valence-corrected chi connectivity index (χ3v) is 5.69. The summed E-state index contributed by atoms with van der Waals surface area (Å²) in [4.78, 5) is 21.6. The average Bonchev–Trinajstić information content (AvgIpc) is 2.98. The Kier molecular flexibility index (Phi) is 4.40. The van der Waals surface area contributed by atoms with Crippen LogP contribution in [0.5, 0.6) is 0 Å². The highest BCUT2D eigenvalue weighted by molar-refractivity contribution is 8.00. The highest BCUT2D eigenvalue weighted by Crippen LogP contribution is 2.37. The lowest BCUT2D eigenvalue weighted by Crippen LogP contribution is -2.33. The molecule has 1 atom stereocenters. The van der Waals surface area contributed by atoms with Gasteiger partial charge < -0.3 is 9.90 Å². The van der Waals surface area contributed by atoms with E-state index in [-0.39, 0.29) is 0 Å². The smallest absolute Gasteiger partial charge is 0.128 e. The van der Waals surface area contributed by atoms with Crippen molar-refractivity contribution in [3.63, 3.8) is 0 Å². The second-order valence-corrected chi connectivity index (χ2v) is 6.93. The monoisotopic (exact) mass is 329 g/mol. The number of thioether (sulfide) groups is 1. The van der Waals surface area contributed by atoms with E-state index in [1.807, 2.05) is 43.3 Å². The van der Waals surface area contributed by atoms with Crippen LogP contribution >= 0.6 is 23.1 Å². The summed E-state index contributed by atoms with van der Waals surface area (Å²) in [5.74, 6) is -1.06. The van der Waals surface area contributed by atoms with Crippen molar-refractivity contribution in [3.8, 4) is 10.4 Å². The maximum absolute atomic E-state index is 11.1. The number of nitrogens with zero attached hydrogens (tertiary/aromatic N) is 2. The first-order chi connectivity index (χ1) is 10.7. The summed E-state index contributed by atoms with van der Waals surface area (Å²) in [5, 5.41) is 12.1. The van der Waals surface area contributed by atoms with Gasteiger partial charge in [0.2, 0.25) is 0 Å². The number of thiophene rings is 1. The van der Waals surface area contributed by atoms with E-state index in [0.717, 1.165) is 20.7 Å². The molecule has 0 spiro atoms. The molecule has 0 amide bonds. The van der Waals surface area contributed by atoms with E-state index in [1.54, 1.807) is 11.3 Å². The molecule has 4 nitrogen and oxygen atoms in total. The quantitative estimate of drug-likeness (QED) is 0.532. The maximum Gasteiger partial charge on any atom is 0.128 e. The number of hydrogen-bond acceptors (Lipinski definition) is 6. The minimum absolute atomic E-state index is 0.494. The number of carbonyl (C=O) groups excluding carboxylic acids is 1. The number of hydrogen-bond donors (Lipinski definition) is 0. The average molecular weight is 329 g/mol. The van der Waals surface area contributed by atoms with Crippen molar-refractivity contribution in [2.75, 3.05) is 0 Å². The van der Waals surface area contributed by atoms with E-state index in [2.05, 4.69) is 9.97 Å². The molecule has 6 heteroatoms. The second-order valence-electron chi connectivity index (χ2n) is 4.71. The van der Waals surface area contributed by atoms with Crippen molar-refractivity contribution in [1.29, 1.82) is 0 Å². The molecule has 3 aromatic rings. The molecule has 0 bridgehead atoms. The van der Waals surface area contributed by atoms with Crippen molar-refractivity contribution in [2.45, 2.75) is 23.6 Å². The Hall–Kier alpha value is -1.92. The predicted octanol–water partition coefficient (Wildman–Crippen LogP) is 2.98. The van der Waals surface area contributed by atoms with Gasteiger partial charge in [0, 0.05) is 10.3 Å². The Morgan fingerprint density at radius 3 is 2.77 bits per heavy atom. The lowest BCUT2D eigenvalue weighted by atomic mass is 10.2. The number of carboxylic acids is 1. The predicted molar refractivity (Wildman–Crippen MR) is 87.8 cm³/mol. The Bertz CT molecular complexity index is 802. The number of fused-ring (bicyclic) bond motifs is 1. The Balaban J connectivity index is 2.02. The minimum Gasteiger partial charge on any atom is -0.549 e. The molecular weight excluding hydrogens is 316 g/mol. The van der Waals surface area contributed by atoms with Gasteiger partial charge in [-0.1, -0.05) is 49.0 Å². The maximum atomic E-state index is 11.1. The number of aromatic nitrogens is 2. The van der Waals surface area contributed by atoms with Crippen LogP contribution in [0.3, 0.4) is 0 Å². The fourth-order valence-electron chi connectivity index (χ4n) is 2.11. The van der Waals surface area contributed by atoms with E-state index in [0.29, 0.717) is 11.4 Å². The van der Waals surface area contributed by atoms with E-state index in [9.17, 15) is 9.90 Å². The standard InChI is InChI=1S/C16H14N2O2S2/c1-2-12(16(19)20)21-14-11-8-13(10-6-4-3-5-7-10)22-15(11)18-9-17-14/h3-9,12H,2H2,1H3,(H,19,20)/p-1/t12-/m1/s1. The topological polar surface area (TPSA) is 65.9 Å². The third-order valence-electron chi connectivity index (χ3n) is 3.24. The molecule has 112 valence electrons. The second kappa shape index (κ2) is 6.46. The molecular formula is C16H13N2O2S2-. The molecule has 0 saturated carbocycles. The van der Waals surface area contributed by atoms with Gasteiger partial charge in [-0.2, -0.15) is 0 Å². The first-order valence-corrected chi connectivity index (χ1v) is 8.56. The fourth-order valence-corrected chi connectivity index (χ4v) is 4.10. The Labute approximate surface area is 136 Å². The zero-order valence-corrected chi connectivity index (χ0v) is 13.5. The van der Waals surface area contributed by atoms with Crippen molar-refractivity contribution >= 4 is 39.3 Å². The summed E-state index contributed by atoms with van der Waals surface area (Å²) in [7, 11) is 0. The molecule has 0 unspecified atom stereocenters. The largest absolute Gasteiger partial charge is 0.549 e. The summed E-state index contributed by atoms with van der Waals surface area (Å²) in [6, 6.07) is 12.1. The van der Waals surface area contributed by atoms with Gasteiger partial charge in [0.15, 0.2) is 0 Å². The summed E-state index contributed by atoms with van der Waals surface area (Å²) < 4.78 is 0. The fraction of sp³-hybridized carbons (Fsp3) is 0.188. The number of aliphatic carboxylic acids is 1. The van der Waals surface area contributed by atoms with Crippen LogP contribution in [0.15, 0.2) is 47.8 Å². The van der Waals surface area contributed by atoms with Crippen LogP contribution in [-0.2, 0) is 4.79 Å². The molecule has 0 aliphatic heterocycles. The van der Waals surface area contributed by atoms with E-state index in [4.69, 9.17) is 0 Å². The van der Waals surface area contributed by atoms with Crippen LogP contribution in [0.4, 0.5) is 0 Å². The molecule has 3 rings (SSSR count). The first kappa shape index (κ1) is 15.0. The number of rotatable bonds is 5. The summed E-state index contributed by atoms with van der Waals surface area (Å²) in [6.45, 7) is 1.83. The van der Waals surface area contributed by atoms with Crippen LogP contribution in [0.2, 0.25) is 0 Å². The molecule has 22 heavy (non-hydrogen) atoms. The zero-order chi connectivity index (χ0) is 15.5. The molecule has 0 saturated heterocycles. The van der Waals surface area contributed by atoms with Crippen LogP contribution in [0.25, 0.3) is 20.7 Å². The molecule has 0 N–H and O–H groups in total. The van der Waals surface area contributed by atoms with Crippen LogP contribution in [-0.4, -0.2) is 21.2 Å². The highest BCUT2D eigenvalue weighted by atomic mass is 32.2. The molecule has 0 radical (unpaired) electrons. The van der Waals surface area contributed by atoms with E-state index >= 15 is 0 Å². The van der Waals surface area contributed by atoms with Crippen molar-refractivity contribution in [1.82, 2.24) is 9.97 Å². The number of carboxylic acid groups (broad SMARTS) is 1. The van der Waals surface area contributed by atoms with Gasteiger partial charge in [0.1, 0.15) is 16.2 Å². The van der Waals surface area contributed by atoms with Crippen molar-refractivity contribution in [2.24, 2.45) is 0 Å². The molecule has 0 aliphatic rings. The molecule has 1 aromatic carbocycles. The zero-order valence-electron chi connectivity index (χ0n) is 11.9. The van der Waals surface area contributed by atoms with Crippen LogP contribution in [0, 0.1) is 0 Å². The summed E-state index contributed by atoms with van der Waals surface area (Å²) in [5.41, 5.74) is 1.12. The van der Waals surface area contributed by atoms with Crippen LogP contribution < -0.4 is 5.11 Å². The minimum atomic E-state index is -1.06. The third kappa shape index (κ3) is 2.98. The molecule has 2 heterocycles.